The molecule has 1 saturated heterocycles. The maximum absolute atomic E-state index is 5.93. The highest BCUT2D eigenvalue weighted by Gasteiger charge is 2.24. The molecule has 1 aromatic heterocycles. The minimum absolute atomic E-state index is 0.257. The molecule has 12 heavy (non-hydrogen) atoms. The van der Waals surface area contributed by atoms with Crippen molar-refractivity contribution in [2.75, 3.05) is 13.1 Å². The number of rotatable bonds is 1. The molecule has 0 amide bonds. The van der Waals surface area contributed by atoms with Gasteiger partial charge in [0, 0.05) is 37.4 Å². The lowest BCUT2D eigenvalue weighted by molar-refractivity contribution is 0.652. The molecule has 0 saturated carbocycles. The smallest absolute Gasteiger partial charge is 0.0270 e. The van der Waals surface area contributed by atoms with Gasteiger partial charge in [0.05, 0.1) is 0 Å². The van der Waals surface area contributed by atoms with Crippen molar-refractivity contribution in [1.82, 2.24) is 10.3 Å². The lowest BCUT2D eigenvalue weighted by Crippen LogP contribution is -2.27. The van der Waals surface area contributed by atoms with E-state index in [-0.39, 0.29) is 6.04 Å². The summed E-state index contributed by atoms with van der Waals surface area (Å²) in [7, 11) is 0. The van der Waals surface area contributed by atoms with Gasteiger partial charge in [0.15, 0.2) is 0 Å². The topological polar surface area (TPSA) is 50.9 Å². The molecule has 0 bridgehead atoms. The first kappa shape index (κ1) is 7.71. The molecule has 0 aliphatic carbocycles. The number of hydrogen-bond donors (Lipinski definition) is 2. The van der Waals surface area contributed by atoms with Crippen molar-refractivity contribution in [1.29, 1.82) is 0 Å². The molecule has 2 heterocycles. The Kier molecular flexibility index (Phi) is 2.06. The second-order valence-electron chi connectivity index (χ2n) is 3.21. The van der Waals surface area contributed by atoms with E-state index in [4.69, 9.17) is 5.73 Å². The first-order chi connectivity index (χ1) is 5.88. The molecule has 64 valence electrons. The molecule has 1 fully saturated rings. The summed E-state index contributed by atoms with van der Waals surface area (Å²) in [6.07, 6.45) is 3.64. The fraction of sp³-hybridized carbons (Fsp3) is 0.444. The van der Waals surface area contributed by atoms with E-state index in [0.717, 1.165) is 13.1 Å². The number of aromatic nitrogens is 1. The van der Waals surface area contributed by atoms with Gasteiger partial charge in [-0.1, -0.05) is 0 Å². The average Bonchev–Trinajstić information content (AvgIpc) is 2.53. The highest BCUT2D eigenvalue weighted by molar-refractivity contribution is 5.20. The van der Waals surface area contributed by atoms with Gasteiger partial charge in [0.1, 0.15) is 0 Å². The van der Waals surface area contributed by atoms with Gasteiger partial charge in [-0.05, 0) is 17.7 Å². The van der Waals surface area contributed by atoms with Crippen molar-refractivity contribution in [3.05, 3.63) is 30.1 Å². The van der Waals surface area contributed by atoms with Gasteiger partial charge in [0.2, 0.25) is 0 Å². The van der Waals surface area contributed by atoms with Crippen LogP contribution in [0.3, 0.4) is 0 Å². The standard InChI is InChI=1S/C9H13N3/c10-9-6-12-5-8(9)7-1-3-11-4-2-7/h1-4,8-9,12H,5-6,10H2/t8-,9-/m0/s1. The summed E-state index contributed by atoms with van der Waals surface area (Å²) >= 11 is 0. The summed E-state index contributed by atoms with van der Waals surface area (Å²) < 4.78 is 0. The molecule has 3 nitrogen and oxygen atoms in total. The Morgan fingerprint density at radius 1 is 1.33 bits per heavy atom. The third-order valence-electron chi connectivity index (χ3n) is 2.40. The van der Waals surface area contributed by atoms with Gasteiger partial charge in [-0.2, -0.15) is 0 Å². The molecular formula is C9H13N3. The maximum Gasteiger partial charge on any atom is 0.0270 e. The predicted molar refractivity (Wildman–Crippen MR) is 47.8 cm³/mol. The van der Waals surface area contributed by atoms with Crippen LogP contribution in [0.1, 0.15) is 11.5 Å². The lowest BCUT2D eigenvalue weighted by atomic mass is 9.96. The molecule has 1 aliphatic heterocycles. The highest BCUT2D eigenvalue weighted by Crippen LogP contribution is 2.20. The molecule has 0 radical (unpaired) electrons. The Balaban J connectivity index is 2.19. The molecular weight excluding hydrogens is 150 g/mol. The van der Waals surface area contributed by atoms with Gasteiger partial charge in [-0.25, -0.2) is 0 Å². The van der Waals surface area contributed by atoms with Crippen LogP contribution in [-0.2, 0) is 0 Å². The van der Waals surface area contributed by atoms with Gasteiger partial charge in [-0.3, -0.25) is 4.98 Å². The van der Waals surface area contributed by atoms with E-state index < -0.39 is 0 Å². The van der Waals surface area contributed by atoms with Crippen LogP contribution in [0.4, 0.5) is 0 Å². The molecule has 2 rings (SSSR count). The quantitative estimate of drug-likeness (QED) is 0.617. The SMILES string of the molecule is N[C@H]1CNC[C@H]1c1ccncc1. The maximum atomic E-state index is 5.93. The Bertz CT molecular complexity index is 247. The molecule has 1 aliphatic rings. The number of nitrogens with two attached hydrogens (primary N) is 1. The van der Waals surface area contributed by atoms with E-state index in [1.54, 1.807) is 0 Å². The summed E-state index contributed by atoms with van der Waals surface area (Å²) in [5.74, 6) is 0.466. The van der Waals surface area contributed by atoms with Crippen LogP contribution < -0.4 is 11.1 Å². The summed E-state index contributed by atoms with van der Waals surface area (Å²) in [4.78, 5) is 3.98. The number of nitrogens with zero attached hydrogens (tertiary/aromatic N) is 1. The number of nitrogens with one attached hydrogen (secondary N) is 1. The minimum Gasteiger partial charge on any atom is -0.326 e. The molecule has 0 spiro atoms. The van der Waals surface area contributed by atoms with Crippen LogP contribution >= 0.6 is 0 Å². The van der Waals surface area contributed by atoms with Crippen molar-refractivity contribution in [3.63, 3.8) is 0 Å². The van der Waals surface area contributed by atoms with Crippen LogP contribution in [0.25, 0.3) is 0 Å². The first-order valence-corrected chi connectivity index (χ1v) is 4.24. The summed E-state index contributed by atoms with van der Waals surface area (Å²) in [6.45, 7) is 1.91. The highest BCUT2D eigenvalue weighted by atomic mass is 15.0. The summed E-state index contributed by atoms with van der Waals surface area (Å²) in [6, 6.07) is 4.34. The monoisotopic (exact) mass is 163 g/mol. The fourth-order valence-corrected chi connectivity index (χ4v) is 1.67. The van der Waals surface area contributed by atoms with E-state index >= 15 is 0 Å². The summed E-state index contributed by atoms with van der Waals surface area (Å²) in [5.41, 5.74) is 7.22. The van der Waals surface area contributed by atoms with E-state index in [1.165, 1.54) is 5.56 Å². The fourth-order valence-electron chi connectivity index (χ4n) is 1.67. The Labute approximate surface area is 72.0 Å². The van der Waals surface area contributed by atoms with Crippen LogP contribution in [0.5, 0.6) is 0 Å². The number of pyridine rings is 1. The van der Waals surface area contributed by atoms with Gasteiger partial charge >= 0.3 is 0 Å². The molecule has 3 heteroatoms. The van der Waals surface area contributed by atoms with Gasteiger partial charge < -0.3 is 11.1 Å². The third kappa shape index (κ3) is 1.33. The van der Waals surface area contributed by atoms with Crippen LogP contribution in [0.2, 0.25) is 0 Å². The van der Waals surface area contributed by atoms with Gasteiger partial charge in [0.25, 0.3) is 0 Å². The van der Waals surface area contributed by atoms with Crippen molar-refractivity contribution in [3.8, 4) is 0 Å². The average molecular weight is 163 g/mol. The molecule has 2 atom stereocenters. The largest absolute Gasteiger partial charge is 0.326 e. The van der Waals surface area contributed by atoms with E-state index in [2.05, 4.69) is 10.3 Å². The zero-order chi connectivity index (χ0) is 8.39. The van der Waals surface area contributed by atoms with Crippen molar-refractivity contribution >= 4 is 0 Å². The predicted octanol–water partition coefficient (Wildman–Crippen LogP) is 0.0957. The van der Waals surface area contributed by atoms with Gasteiger partial charge in [-0.15, -0.1) is 0 Å². The third-order valence-corrected chi connectivity index (χ3v) is 2.40. The zero-order valence-electron chi connectivity index (χ0n) is 6.90. The molecule has 0 unspecified atom stereocenters. The Morgan fingerprint density at radius 2 is 2.08 bits per heavy atom. The minimum atomic E-state index is 0.257. The van der Waals surface area contributed by atoms with Crippen LogP contribution in [0.15, 0.2) is 24.5 Å². The van der Waals surface area contributed by atoms with Crippen LogP contribution in [-0.4, -0.2) is 24.1 Å². The van der Waals surface area contributed by atoms with Crippen molar-refractivity contribution in [2.45, 2.75) is 12.0 Å². The number of hydrogen-bond acceptors (Lipinski definition) is 3. The van der Waals surface area contributed by atoms with E-state index in [0.29, 0.717) is 5.92 Å². The molecule has 0 aromatic carbocycles. The van der Waals surface area contributed by atoms with Crippen molar-refractivity contribution in [2.24, 2.45) is 5.73 Å². The van der Waals surface area contributed by atoms with E-state index in [1.807, 2.05) is 24.5 Å². The Morgan fingerprint density at radius 3 is 2.67 bits per heavy atom. The zero-order valence-corrected chi connectivity index (χ0v) is 6.90. The molecule has 1 aromatic rings. The van der Waals surface area contributed by atoms with Crippen molar-refractivity contribution < 1.29 is 0 Å². The molecule has 3 N–H and O–H groups in total. The van der Waals surface area contributed by atoms with Crippen LogP contribution in [0, 0.1) is 0 Å². The summed E-state index contributed by atoms with van der Waals surface area (Å²) in [5, 5.41) is 3.28. The second kappa shape index (κ2) is 3.21. The lowest BCUT2D eigenvalue weighted by Gasteiger charge is -2.13. The second-order valence-corrected chi connectivity index (χ2v) is 3.21. The normalized spacial score (nSPS) is 29.1. The Hall–Kier alpha value is -0.930. The first-order valence-electron chi connectivity index (χ1n) is 4.24. The van der Waals surface area contributed by atoms with E-state index in [9.17, 15) is 0 Å².